The van der Waals surface area contributed by atoms with E-state index in [0.29, 0.717) is 12.6 Å². The molecule has 0 aromatic carbocycles. The summed E-state index contributed by atoms with van der Waals surface area (Å²) in [7, 11) is 0. The van der Waals surface area contributed by atoms with E-state index in [1.807, 2.05) is 0 Å². The number of carbonyl (C=O) groups is 1. The van der Waals surface area contributed by atoms with E-state index in [9.17, 15) is 13.6 Å². The standard InChI is InChI=1S/C6H9F2NO/c1-2-3-6(10)9-4-5(7)8/h4-5H,2-3H2,1H3. The summed E-state index contributed by atoms with van der Waals surface area (Å²) < 4.78 is 22.7. The predicted octanol–water partition coefficient (Wildman–Crippen LogP) is 1.65. The number of amides is 1. The summed E-state index contributed by atoms with van der Waals surface area (Å²) in [4.78, 5) is 13.4. The Balaban J connectivity index is 3.56. The molecule has 0 aromatic rings. The van der Waals surface area contributed by atoms with Crippen LogP contribution in [0.3, 0.4) is 0 Å². The van der Waals surface area contributed by atoms with Crippen molar-refractivity contribution in [2.45, 2.75) is 26.2 Å². The maximum Gasteiger partial charge on any atom is 0.273 e. The molecule has 0 atom stereocenters. The summed E-state index contributed by atoms with van der Waals surface area (Å²) in [5, 5.41) is 0. The second-order valence-electron chi connectivity index (χ2n) is 1.76. The van der Waals surface area contributed by atoms with Crippen LogP contribution < -0.4 is 0 Å². The lowest BCUT2D eigenvalue weighted by atomic mass is 10.3. The summed E-state index contributed by atoms with van der Waals surface area (Å²) in [6.07, 6.45) is -1.39. The van der Waals surface area contributed by atoms with Gasteiger partial charge in [-0.05, 0) is 6.42 Å². The fourth-order valence-corrected chi connectivity index (χ4v) is 0.418. The largest absolute Gasteiger partial charge is 0.273 e. The average Bonchev–Trinajstić information content (AvgIpc) is 1.85. The van der Waals surface area contributed by atoms with Gasteiger partial charge in [0, 0.05) is 6.42 Å². The quantitative estimate of drug-likeness (QED) is 0.561. The lowest BCUT2D eigenvalue weighted by Gasteiger charge is -1.87. The molecule has 0 saturated heterocycles. The van der Waals surface area contributed by atoms with Crippen molar-refractivity contribution in [2.24, 2.45) is 4.99 Å². The third-order valence-electron chi connectivity index (χ3n) is 0.795. The first kappa shape index (κ1) is 9.20. The molecule has 0 bridgehead atoms. The van der Waals surface area contributed by atoms with E-state index in [1.54, 1.807) is 6.92 Å². The van der Waals surface area contributed by atoms with Crippen LogP contribution in [0, 0.1) is 0 Å². The molecule has 4 heteroatoms. The molecule has 0 heterocycles. The fraction of sp³-hybridized carbons (Fsp3) is 0.667. The minimum atomic E-state index is -2.62. The van der Waals surface area contributed by atoms with Crippen LogP contribution in [0.2, 0.25) is 0 Å². The normalized spacial score (nSPS) is 11.2. The molecule has 0 unspecified atom stereocenters. The highest BCUT2D eigenvalue weighted by Crippen LogP contribution is 1.91. The van der Waals surface area contributed by atoms with Crippen molar-refractivity contribution >= 4 is 12.1 Å². The topological polar surface area (TPSA) is 29.4 Å². The van der Waals surface area contributed by atoms with Gasteiger partial charge < -0.3 is 0 Å². The molecule has 2 nitrogen and oxygen atoms in total. The van der Waals surface area contributed by atoms with Gasteiger partial charge in [-0.25, -0.2) is 13.8 Å². The van der Waals surface area contributed by atoms with Crippen molar-refractivity contribution < 1.29 is 13.6 Å². The minimum Gasteiger partial charge on any atom is -0.273 e. The number of rotatable bonds is 3. The van der Waals surface area contributed by atoms with Gasteiger partial charge >= 0.3 is 0 Å². The van der Waals surface area contributed by atoms with Crippen molar-refractivity contribution in [1.29, 1.82) is 0 Å². The highest BCUT2D eigenvalue weighted by molar-refractivity contribution is 5.85. The van der Waals surface area contributed by atoms with E-state index in [0.717, 1.165) is 0 Å². The van der Waals surface area contributed by atoms with Crippen LogP contribution in [-0.4, -0.2) is 18.5 Å². The molecule has 1 amide bonds. The number of alkyl halides is 2. The van der Waals surface area contributed by atoms with Crippen LogP contribution in [0.1, 0.15) is 19.8 Å². The van der Waals surface area contributed by atoms with Gasteiger partial charge in [0.1, 0.15) is 0 Å². The molecule has 0 saturated carbocycles. The van der Waals surface area contributed by atoms with Crippen molar-refractivity contribution in [2.75, 3.05) is 0 Å². The summed E-state index contributed by atoms with van der Waals surface area (Å²) in [6, 6.07) is 0. The molecular weight excluding hydrogens is 140 g/mol. The predicted molar refractivity (Wildman–Crippen MR) is 34.4 cm³/mol. The van der Waals surface area contributed by atoms with Crippen molar-refractivity contribution in [3.8, 4) is 0 Å². The zero-order chi connectivity index (χ0) is 7.98. The van der Waals surface area contributed by atoms with Crippen molar-refractivity contribution in [3.05, 3.63) is 0 Å². The Hall–Kier alpha value is -0.800. The Morgan fingerprint density at radius 2 is 2.30 bits per heavy atom. The van der Waals surface area contributed by atoms with E-state index in [-0.39, 0.29) is 6.42 Å². The van der Waals surface area contributed by atoms with E-state index in [4.69, 9.17) is 0 Å². The molecule has 0 aliphatic heterocycles. The number of carbonyl (C=O) groups excluding carboxylic acids is 1. The molecule has 0 rings (SSSR count). The van der Waals surface area contributed by atoms with Gasteiger partial charge in [0.2, 0.25) is 5.91 Å². The summed E-state index contributed by atoms with van der Waals surface area (Å²) in [5.41, 5.74) is 0. The monoisotopic (exact) mass is 149 g/mol. The number of nitrogens with zero attached hydrogens (tertiary/aromatic N) is 1. The Kier molecular flexibility index (Phi) is 4.62. The number of halogens is 2. The molecular formula is C6H9F2NO. The van der Waals surface area contributed by atoms with Crippen LogP contribution in [0.25, 0.3) is 0 Å². The van der Waals surface area contributed by atoms with E-state index >= 15 is 0 Å². The Morgan fingerprint density at radius 1 is 1.70 bits per heavy atom. The Morgan fingerprint density at radius 3 is 2.70 bits per heavy atom. The third kappa shape index (κ3) is 5.34. The van der Waals surface area contributed by atoms with Gasteiger partial charge in [0.05, 0.1) is 6.21 Å². The van der Waals surface area contributed by atoms with Gasteiger partial charge in [-0.2, -0.15) is 0 Å². The van der Waals surface area contributed by atoms with Gasteiger partial charge in [0.15, 0.2) is 0 Å². The summed E-state index contributed by atoms with van der Waals surface area (Å²) in [6.45, 7) is 1.79. The van der Waals surface area contributed by atoms with E-state index < -0.39 is 12.3 Å². The number of aliphatic imine (C=N–C) groups is 1. The number of hydrogen-bond acceptors (Lipinski definition) is 1. The van der Waals surface area contributed by atoms with E-state index in [1.165, 1.54) is 0 Å². The third-order valence-corrected chi connectivity index (χ3v) is 0.795. The lowest BCUT2D eigenvalue weighted by Crippen LogP contribution is -1.97. The summed E-state index contributed by atoms with van der Waals surface area (Å²) in [5.74, 6) is -0.484. The van der Waals surface area contributed by atoms with Crippen LogP contribution in [0.4, 0.5) is 8.78 Å². The van der Waals surface area contributed by atoms with Crippen molar-refractivity contribution in [3.63, 3.8) is 0 Å². The maximum atomic E-state index is 11.3. The Bertz CT molecular complexity index is 134. The van der Waals surface area contributed by atoms with Crippen LogP contribution in [0.5, 0.6) is 0 Å². The second-order valence-corrected chi connectivity index (χ2v) is 1.76. The molecule has 58 valence electrons. The first-order valence-corrected chi connectivity index (χ1v) is 3.02. The minimum absolute atomic E-state index is 0.239. The molecule has 0 aliphatic rings. The average molecular weight is 149 g/mol. The molecule has 0 radical (unpaired) electrons. The molecule has 0 N–H and O–H groups in total. The Labute approximate surface area is 58.0 Å². The maximum absolute atomic E-state index is 11.3. The summed E-state index contributed by atoms with van der Waals surface area (Å²) >= 11 is 0. The van der Waals surface area contributed by atoms with Gasteiger partial charge in [0.25, 0.3) is 6.43 Å². The molecule has 0 spiro atoms. The highest BCUT2D eigenvalue weighted by Gasteiger charge is 1.98. The first-order valence-electron chi connectivity index (χ1n) is 3.02. The second kappa shape index (κ2) is 5.02. The van der Waals surface area contributed by atoms with Crippen molar-refractivity contribution in [1.82, 2.24) is 0 Å². The molecule has 0 fully saturated rings. The molecule has 10 heavy (non-hydrogen) atoms. The van der Waals surface area contributed by atoms with E-state index in [2.05, 4.69) is 4.99 Å². The SMILES string of the molecule is CCCC(=O)N=CC(F)F. The lowest BCUT2D eigenvalue weighted by molar-refractivity contribution is -0.117. The van der Waals surface area contributed by atoms with Crippen LogP contribution in [-0.2, 0) is 4.79 Å². The van der Waals surface area contributed by atoms with Gasteiger partial charge in [-0.1, -0.05) is 6.92 Å². The zero-order valence-electron chi connectivity index (χ0n) is 5.68. The van der Waals surface area contributed by atoms with Gasteiger partial charge in [-0.3, -0.25) is 4.79 Å². The highest BCUT2D eigenvalue weighted by atomic mass is 19.3. The van der Waals surface area contributed by atoms with Crippen LogP contribution in [0.15, 0.2) is 4.99 Å². The first-order chi connectivity index (χ1) is 4.66. The molecule has 0 aromatic heterocycles. The zero-order valence-corrected chi connectivity index (χ0v) is 5.68. The molecule has 0 aliphatic carbocycles. The van der Waals surface area contributed by atoms with Gasteiger partial charge in [-0.15, -0.1) is 0 Å². The smallest absolute Gasteiger partial charge is 0.273 e. The number of hydrogen-bond donors (Lipinski definition) is 0. The van der Waals surface area contributed by atoms with Crippen LogP contribution >= 0.6 is 0 Å². The fourth-order valence-electron chi connectivity index (χ4n) is 0.418.